The highest BCUT2D eigenvalue weighted by Crippen LogP contribution is 2.19. The number of fused-ring (bicyclic) bond motifs is 2. The molecule has 0 atom stereocenters. The summed E-state index contributed by atoms with van der Waals surface area (Å²) in [5, 5.41) is 7.87. The number of piperazine rings is 1. The van der Waals surface area contributed by atoms with Crippen molar-refractivity contribution in [1.82, 2.24) is 29.3 Å². The quantitative estimate of drug-likeness (QED) is 0.576. The fraction of sp³-hybridized carbons (Fsp3) is 0.263. The minimum absolute atomic E-state index is 0.113. The SMILES string of the molecule is Cc1cn2nc(-c3cc(=O)n4cc(N5CCNCC5)ccc4n3)cc2cn1. The van der Waals surface area contributed by atoms with Crippen molar-refractivity contribution in [2.45, 2.75) is 6.92 Å². The van der Waals surface area contributed by atoms with Crippen LogP contribution in [-0.2, 0) is 0 Å². The number of hydrogen-bond donors (Lipinski definition) is 1. The molecule has 4 aromatic rings. The molecule has 0 aliphatic carbocycles. The van der Waals surface area contributed by atoms with Gasteiger partial charge in [-0.2, -0.15) is 5.10 Å². The normalized spacial score (nSPS) is 14.9. The first kappa shape index (κ1) is 16.0. The molecule has 0 aromatic carbocycles. The molecule has 0 unspecified atom stereocenters. The van der Waals surface area contributed by atoms with E-state index in [1.165, 1.54) is 6.07 Å². The third kappa shape index (κ3) is 2.83. The summed E-state index contributed by atoms with van der Waals surface area (Å²) in [7, 11) is 0. The van der Waals surface area contributed by atoms with Crippen molar-refractivity contribution in [3.8, 4) is 11.4 Å². The predicted molar refractivity (Wildman–Crippen MR) is 103 cm³/mol. The number of nitrogens with one attached hydrogen (secondary N) is 1. The van der Waals surface area contributed by atoms with Crippen molar-refractivity contribution < 1.29 is 0 Å². The topological polar surface area (TPSA) is 79.8 Å². The highest BCUT2D eigenvalue weighted by atomic mass is 16.1. The molecular weight excluding hydrogens is 342 g/mol. The molecular formula is C19H19N7O. The van der Waals surface area contributed by atoms with Gasteiger partial charge in [-0.3, -0.25) is 14.2 Å². The Kier molecular flexibility index (Phi) is 3.64. The van der Waals surface area contributed by atoms with E-state index in [2.05, 4.69) is 25.3 Å². The lowest BCUT2D eigenvalue weighted by Crippen LogP contribution is -2.43. The Labute approximate surface area is 155 Å². The summed E-state index contributed by atoms with van der Waals surface area (Å²) in [6.45, 7) is 5.68. The van der Waals surface area contributed by atoms with Gasteiger partial charge in [-0.1, -0.05) is 0 Å². The molecule has 0 bridgehead atoms. The van der Waals surface area contributed by atoms with Crippen molar-refractivity contribution in [2.75, 3.05) is 31.1 Å². The number of pyridine rings is 1. The van der Waals surface area contributed by atoms with Crippen molar-refractivity contribution in [3.05, 3.63) is 58.9 Å². The Morgan fingerprint density at radius 1 is 1.07 bits per heavy atom. The zero-order valence-electron chi connectivity index (χ0n) is 15.0. The minimum atomic E-state index is -0.113. The van der Waals surface area contributed by atoms with Crippen LogP contribution in [0.15, 0.2) is 47.7 Å². The Hall–Kier alpha value is -3.26. The molecule has 0 radical (unpaired) electrons. The average molecular weight is 361 g/mol. The average Bonchev–Trinajstić information content (AvgIpc) is 3.11. The summed E-state index contributed by atoms with van der Waals surface area (Å²) in [4.78, 5) is 23.9. The highest BCUT2D eigenvalue weighted by molar-refractivity contribution is 5.64. The van der Waals surface area contributed by atoms with Crippen molar-refractivity contribution in [1.29, 1.82) is 0 Å². The first-order valence-corrected chi connectivity index (χ1v) is 8.99. The summed E-state index contributed by atoms with van der Waals surface area (Å²) in [6.07, 6.45) is 5.49. The number of aryl methyl sites for hydroxylation is 1. The monoisotopic (exact) mass is 361 g/mol. The summed E-state index contributed by atoms with van der Waals surface area (Å²) < 4.78 is 3.36. The molecule has 5 heterocycles. The smallest absolute Gasteiger partial charge is 0.258 e. The van der Waals surface area contributed by atoms with E-state index in [1.54, 1.807) is 15.1 Å². The van der Waals surface area contributed by atoms with Crippen molar-refractivity contribution in [3.63, 3.8) is 0 Å². The highest BCUT2D eigenvalue weighted by Gasteiger charge is 2.13. The van der Waals surface area contributed by atoms with Gasteiger partial charge in [0.05, 0.1) is 35.0 Å². The molecule has 136 valence electrons. The molecule has 27 heavy (non-hydrogen) atoms. The molecule has 8 heteroatoms. The summed E-state index contributed by atoms with van der Waals surface area (Å²) >= 11 is 0. The van der Waals surface area contributed by atoms with E-state index in [4.69, 9.17) is 0 Å². The Morgan fingerprint density at radius 2 is 1.93 bits per heavy atom. The fourth-order valence-electron chi connectivity index (χ4n) is 3.44. The third-order valence-corrected chi connectivity index (χ3v) is 4.86. The van der Waals surface area contributed by atoms with Crippen LogP contribution in [0.2, 0.25) is 0 Å². The van der Waals surface area contributed by atoms with E-state index in [9.17, 15) is 4.79 Å². The van der Waals surface area contributed by atoms with Crippen molar-refractivity contribution >= 4 is 16.9 Å². The van der Waals surface area contributed by atoms with Gasteiger partial charge in [0.1, 0.15) is 11.3 Å². The standard InChI is InChI=1S/C19H19N7O/c1-13-11-26-15(10-21-13)8-17(23-26)16-9-19(27)25-12-14(2-3-18(25)22-16)24-6-4-20-5-7-24/h2-3,8-12,20H,4-7H2,1H3. The van der Waals surface area contributed by atoms with Crippen molar-refractivity contribution in [2.24, 2.45) is 0 Å². The number of aromatic nitrogens is 5. The lowest BCUT2D eigenvalue weighted by molar-refractivity contribution is 0.588. The van der Waals surface area contributed by atoms with Crippen LogP contribution in [-0.4, -0.2) is 50.2 Å². The molecule has 0 amide bonds. The number of hydrogen-bond acceptors (Lipinski definition) is 6. The molecule has 1 N–H and O–H groups in total. The summed E-state index contributed by atoms with van der Waals surface area (Å²) in [5.41, 5.74) is 4.51. The Bertz CT molecular complexity index is 1200. The van der Waals surface area contributed by atoms with Gasteiger partial charge in [0.15, 0.2) is 0 Å². The zero-order chi connectivity index (χ0) is 18.4. The fourth-order valence-corrected chi connectivity index (χ4v) is 3.44. The van der Waals surface area contributed by atoms with Gasteiger partial charge >= 0.3 is 0 Å². The van der Waals surface area contributed by atoms with Crippen LogP contribution in [0.4, 0.5) is 5.69 Å². The first-order valence-electron chi connectivity index (χ1n) is 8.99. The van der Waals surface area contributed by atoms with Crippen LogP contribution in [0.3, 0.4) is 0 Å². The molecule has 0 saturated carbocycles. The van der Waals surface area contributed by atoms with E-state index in [0.29, 0.717) is 17.0 Å². The minimum Gasteiger partial charge on any atom is -0.368 e. The van der Waals surface area contributed by atoms with Gasteiger partial charge in [-0.15, -0.1) is 0 Å². The van der Waals surface area contributed by atoms with E-state index in [0.717, 1.165) is 43.1 Å². The number of anilines is 1. The van der Waals surface area contributed by atoms with E-state index >= 15 is 0 Å². The Morgan fingerprint density at radius 3 is 2.78 bits per heavy atom. The van der Waals surface area contributed by atoms with Crippen LogP contribution in [0.25, 0.3) is 22.6 Å². The number of nitrogens with zero attached hydrogens (tertiary/aromatic N) is 6. The van der Waals surface area contributed by atoms with Gasteiger partial charge in [0, 0.05) is 38.4 Å². The predicted octanol–water partition coefficient (Wildman–Crippen LogP) is 1.12. The third-order valence-electron chi connectivity index (χ3n) is 4.86. The second kappa shape index (κ2) is 6.17. The maximum atomic E-state index is 12.7. The van der Waals surface area contributed by atoms with E-state index in [-0.39, 0.29) is 5.56 Å². The van der Waals surface area contributed by atoms with Gasteiger partial charge in [-0.05, 0) is 25.1 Å². The second-order valence-electron chi connectivity index (χ2n) is 6.76. The molecule has 1 fully saturated rings. The molecule has 1 saturated heterocycles. The van der Waals surface area contributed by atoms with Crippen LogP contribution in [0, 0.1) is 6.92 Å². The summed E-state index contributed by atoms with van der Waals surface area (Å²) in [6, 6.07) is 7.34. The van der Waals surface area contributed by atoms with Gasteiger partial charge < -0.3 is 10.2 Å². The molecule has 0 spiro atoms. The molecule has 1 aliphatic rings. The molecule has 8 nitrogen and oxygen atoms in total. The maximum Gasteiger partial charge on any atom is 0.258 e. The molecule has 4 aromatic heterocycles. The first-order chi connectivity index (χ1) is 13.2. The second-order valence-corrected chi connectivity index (χ2v) is 6.76. The maximum absolute atomic E-state index is 12.7. The van der Waals surface area contributed by atoms with Gasteiger partial charge in [-0.25, -0.2) is 9.50 Å². The zero-order valence-corrected chi connectivity index (χ0v) is 15.0. The summed E-state index contributed by atoms with van der Waals surface area (Å²) in [5.74, 6) is 0. The van der Waals surface area contributed by atoms with Crippen LogP contribution < -0.4 is 15.8 Å². The Balaban J connectivity index is 1.58. The van der Waals surface area contributed by atoms with Crippen LogP contribution in [0.1, 0.15) is 5.69 Å². The lowest BCUT2D eigenvalue weighted by atomic mass is 10.2. The molecule has 1 aliphatic heterocycles. The van der Waals surface area contributed by atoms with Gasteiger partial charge in [0.25, 0.3) is 5.56 Å². The van der Waals surface area contributed by atoms with E-state index < -0.39 is 0 Å². The lowest BCUT2D eigenvalue weighted by Gasteiger charge is -2.29. The number of rotatable bonds is 2. The molecule has 5 rings (SSSR count). The van der Waals surface area contributed by atoms with E-state index in [1.807, 2.05) is 37.5 Å². The van der Waals surface area contributed by atoms with Crippen LogP contribution >= 0.6 is 0 Å². The van der Waals surface area contributed by atoms with Gasteiger partial charge in [0.2, 0.25) is 0 Å². The van der Waals surface area contributed by atoms with Crippen LogP contribution in [0.5, 0.6) is 0 Å². The largest absolute Gasteiger partial charge is 0.368 e.